The van der Waals surface area contributed by atoms with E-state index in [2.05, 4.69) is 20.4 Å². The van der Waals surface area contributed by atoms with E-state index in [0.717, 1.165) is 6.20 Å². The summed E-state index contributed by atoms with van der Waals surface area (Å²) < 4.78 is 98.5. The summed E-state index contributed by atoms with van der Waals surface area (Å²) in [5, 5.41) is 7.63. The summed E-state index contributed by atoms with van der Waals surface area (Å²) in [4.78, 5) is 34.6. The fraction of sp³-hybridized carbons (Fsp3) is 0.591. The lowest BCUT2D eigenvalue weighted by Crippen LogP contribution is -2.54. The molecule has 0 saturated carbocycles. The number of H-pyrrole nitrogens is 1. The number of piperidine rings is 1. The van der Waals surface area contributed by atoms with Gasteiger partial charge in [0.05, 0.1) is 36.6 Å². The van der Waals surface area contributed by atoms with E-state index in [9.17, 15) is 35.9 Å². The van der Waals surface area contributed by atoms with Crippen LogP contribution in [0, 0.1) is 0 Å². The first-order valence-electron chi connectivity index (χ1n) is 11.9. The van der Waals surface area contributed by atoms with E-state index in [-0.39, 0.29) is 45.0 Å². The first-order valence-corrected chi connectivity index (χ1v) is 11.9. The van der Waals surface area contributed by atoms with Gasteiger partial charge in [0.25, 0.3) is 11.5 Å². The second kappa shape index (κ2) is 10.9. The number of alkyl halides is 7. The lowest BCUT2D eigenvalue weighted by Gasteiger charge is -2.39. The van der Waals surface area contributed by atoms with Gasteiger partial charge in [0.2, 0.25) is 5.95 Å². The summed E-state index contributed by atoms with van der Waals surface area (Å²) in [6.07, 6.45) is -9.49. The molecule has 0 spiro atoms. The quantitative estimate of drug-likeness (QED) is 0.491. The standard InChI is InChI=1S/C22H24F7N7O3/c1-11(33-14-8-32-34-18(37)17(14)22(27,28)29)10-39-16-3-5-36(19(16)38)15-2-4-35(9-13(15)23)20-30-6-12(7-31-20)21(24,25)26/h6-8,11,13,15-16H,2-5,9-10H2,1H3,(H2,33,34,37)/t11?,13-,15-,16?/m1/s1. The average molecular weight is 567 g/mol. The molecule has 2 aromatic heterocycles. The molecular formula is C22H24F7N7O3. The van der Waals surface area contributed by atoms with Crippen LogP contribution < -0.4 is 15.8 Å². The number of hydrogen-bond acceptors (Lipinski definition) is 8. The minimum absolute atomic E-state index is 0.0520. The molecule has 2 aliphatic rings. The van der Waals surface area contributed by atoms with Crippen molar-refractivity contribution in [2.24, 2.45) is 0 Å². The molecule has 2 fully saturated rings. The van der Waals surface area contributed by atoms with Crippen LogP contribution in [0.15, 0.2) is 23.4 Å². The molecular weight excluding hydrogens is 543 g/mol. The fourth-order valence-electron chi connectivity index (χ4n) is 4.57. The largest absolute Gasteiger partial charge is 0.423 e. The van der Waals surface area contributed by atoms with Gasteiger partial charge in [-0.15, -0.1) is 0 Å². The van der Waals surface area contributed by atoms with Crippen molar-refractivity contribution < 1.29 is 40.3 Å². The van der Waals surface area contributed by atoms with Gasteiger partial charge in [-0.1, -0.05) is 0 Å². The topological polar surface area (TPSA) is 116 Å². The molecule has 1 amide bonds. The molecule has 2 aliphatic heterocycles. The molecule has 2 N–H and O–H groups in total. The summed E-state index contributed by atoms with van der Waals surface area (Å²) in [6, 6.07) is -1.53. The molecule has 4 heterocycles. The number of likely N-dealkylation sites (tertiary alicyclic amines) is 1. The number of carbonyl (C=O) groups is 1. The van der Waals surface area contributed by atoms with Crippen molar-refractivity contribution in [2.45, 2.75) is 56.5 Å². The van der Waals surface area contributed by atoms with Gasteiger partial charge in [-0.3, -0.25) is 9.59 Å². The van der Waals surface area contributed by atoms with Gasteiger partial charge in [0.15, 0.2) is 0 Å². The summed E-state index contributed by atoms with van der Waals surface area (Å²) in [5.74, 6) is -0.522. The van der Waals surface area contributed by atoms with Crippen molar-refractivity contribution in [2.75, 3.05) is 36.5 Å². The summed E-state index contributed by atoms with van der Waals surface area (Å²) >= 11 is 0. The summed E-state index contributed by atoms with van der Waals surface area (Å²) in [7, 11) is 0. The van der Waals surface area contributed by atoms with Crippen molar-refractivity contribution in [3.63, 3.8) is 0 Å². The first kappa shape index (κ1) is 28.5. The van der Waals surface area contributed by atoms with Crippen LogP contribution in [0.4, 0.5) is 42.4 Å². The molecule has 0 bridgehead atoms. The number of nitrogens with one attached hydrogen (secondary N) is 2. The smallest absolute Gasteiger partial charge is 0.378 e. The van der Waals surface area contributed by atoms with Gasteiger partial charge in [-0.2, -0.15) is 31.4 Å². The Labute approximate surface area is 216 Å². The number of halogens is 7. The highest BCUT2D eigenvalue weighted by Crippen LogP contribution is 2.32. The minimum Gasteiger partial charge on any atom is -0.378 e. The van der Waals surface area contributed by atoms with Crippen LogP contribution in [0.5, 0.6) is 0 Å². The first-order chi connectivity index (χ1) is 18.3. The van der Waals surface area contributed by atoms with E-state index in [1.807, 2.05) is 0 Å². The zero-order chi connectivity index (χ0) is 28.5. The van der Waals surface area contributed by atoms with Crippen LogP contribution >= 0.6 is 0 Å². The number of ether oxygens (including phenoxy) is 1. The highest BCUT2D eigenvalue weighted by molar-refractivity contribution is 5.83. The number of carbonyl (C=O) groups excluding carboxylic acids is 1. The predicted octanol–water partition coefficient (Wildman–Crippen LogP) is 2.63. The highest BCUT2D eigenvalue weighted by Gasteiger charge is 2.43. The second-order valence-corrected chi connectivity index (χ2v) is 9.26. The number of amides is 1. The van der Waals surface area contributed by atoms with E-state index in [4.69, 9.17) is 4.74 Å². The lowest BCUT2D eigenvalue weighted by atomic mass is 10.0. The summed E-state index contributed by atoms with van der Waals surface area (Å²) in [6.45, 7) is 1.49. The number of anilines is 2. The summed E-state index contributed by atoms with van der Waals surface area (Å²) in [5.41, 5.74) is -4.40. The van der Waals surface area contributed by atoms with E-state index in [0.29, 0.717) is 12.4 Å². The number of rotatable bonds is 7. The Kier molecular flexibility index (Phi) is 7.99. The SMILES string of the molecule is CC(COC1CCN([C@@H]2CCN(c3ncc(C(F)(F)F)cn3)C[C@H]2F)C1=O)Nc1cn[nH]c(=O)c1C(F)(F)F. The maximum atomic E-state index is 15.1. The molecule has 4 atom stereocenters. The van der Waals surface area contributed by atoms with Crippen LogP contribution in [0.3, 0.4) is 0 Å². The molecule has 0 aromatic carbocycles. The maximum Gasteiger partial charge on any atom is 0.423 e. The molecule has 39 heavy (non-hydrogen) atoms. The molecule has 2 saturated heterocycles. The van der Waals surface area contributed by atoms with Crippen molar-refractivity contribution in [1.29, 1.82) is 0 Å². The van der Waals surface area contributed by atoms with Gasteiger partial charge in [0.1, 0.15) is 17.8 Å². The molecule has 4 rings (SSSR count). The Morgan fingerprint density at radius 1 is 1.08 bits per heavy atom. The lowest BCUT2D eigenvalue weighted by molar-refractivity contribution is -0.140. The molecule has 10 nitrogen and oxygen atoms in total. The Morgan fingerprint density at radius 3 is 2.38 bits per heavy atom. The number of hydrogen-bond donors (Lipinski definition) is 2. The second-order valence-electron chi connectivity index (χ2n) is 9.26. The van der Waals surface area contributed by atoms with Gasteiger partial charge in [0, 0.05) is 37.9 Å². The Morgan fingerprint density at radius 2 is 1.77 bits per heavy atom. The van der Waals surface area contributed by atoms with Gasteiger partial charge < -0.3 is 19.9 Å². The molecule has 0 aliphatic carbocycles. The maximum absolute atomic E-state index is 15.1. The van der Waals surface area contributed by atoms with E-state index >= 15 is 4.39 Å². The van der Waals surface area contributed by atoms with Crippen LogP contribution in [-0.4, -0.2) is 81.6 Å². The Balaban J connectivity index is 1.30. The Bertz CT molecular complexity index is 1220. The van der Waals surface area contributed by atoms with Gasteiger partial charge >= 0.3 is 12.4 Å². The van der Waals surface area contributed by atoms with Crippen LogP contribution in [-0.2, 0) is 21.9 Å². The third-order valence-corrected chi connectivity index (χ3v) is 6.44. The van der Waals surface area contributed by atoms with Crippen LogP contribution in [0.2, 0.25) is 0 Å². The number of aromatic nitrogens is 4. The average Bonchev–Trinajstić information content (AvgIpc) is 3.21. The molecule has 2 unspecified atom stereocenters. The molecule has 2 aromatic rings. The zero-order valence-corrected chi connectivity index (χ0v) is 20.4. The number of nitrogens with zero attached hydrogens (tertiary/aromatic N) is 5. The van der Waals surface area contributed by atoms with Crippen molar-refractivity contribution >= 4 is 17.5 Å². The van der Waals surface area contributed by atoms with E-state index in [1.165, 1.54) is 16.7 Å². The van der Waals surface area contributed by atoms with E-state index < -0.39 is 65.0 Å². The minimum atomic E-state index is -4.92. The van der Waals surface area contributed by atoms with Crippen LogP contribution in [0.25, 0.3) is 0 Å². The van der Waals surface area contributed by atoms with Crippen molar-refractivity contribution in [3.8, 4) is 0 Å². The molecule has 214 valence electrons. The Hall–Kier alpha value is -3.50. The third-order valence-electron chi connectivity index (χ3n) is 6.44. The van der Waals surface area contributed by atoms with Gasteiger partial charge in [-0.05, 0) is 13.3 Å². The van der Waals surface area contributed by atoms with Gasteiger partial charge in [-0.25, -0.2) is 19.5 Å². The van der Waals surface area contributed by atoms with E-state index in [1.54, 1.807) is 5.10 Å². The molecule has 0 radical (unpaired) electrons. The normalized spacial score (nSPS) is 23.3. The third kappa shape index (κ3) is 6.39. The monoisotopic (exact) mass is 567 g/mol. The molecule has 17 heteroatoms. The predicted molar refractivity (Wildman–Crippen MR) is 122 cm³/mol. The highest BCUT2D eigenvalue weighted by atomic mass is 19.4. The number of aromatic amines is 1. The van der Waals surface area contributed by atoms with Crippen LogP contribution in [0.1, 0.15) is 30.9 Å². The van der Waals surface area contributed by atoms with Crippen molar-refractivity contribution in [3.05, 3.63) is 40.1 Å². The van der Waals surface area contributed by atoms with Crippen molar-refractivity contribution in [1.82, 2.24) is 25.1 Å². The zero-order valence-electron chi connectivity index (χ0n) is 20.4. The fourth-order valence-corrected chi connectivity index (χ4v) is 4.57.